The third-order valence-corrected chi connectivity index (χ3v) is 6.72. The van der Waals surface area contributed by atoms with Gasteiger partial charge in [-0.3, -0.25) is 9.59 Å². The van der Waals surface area contributed by atoms with Crippen LogP contribution in [0, 0.1) is 5.92 Å². The predicted octanol–water partition coefficient (Wildman–Crippen LogP) is 6.11. The van der Waals surface area contributed by atoms with Crippen LogP contribution in [0.1, 0.15) is 64.2 Å². The number of nitrogens with zero attached hydrogens (tertiary/aromatic N) is 1. The maximum absolute atomic E-state index is 13.5. The number of halogens is 1. The van der Waals surface area contributed by atoms with Crippen LogP contribution in [0.4, 0.5) is 0 Å². The van der Waals surface area contributed by atoms with E-state index in [-0.39, 0.29) is 23.5 Å². The molecule has 3 nitrogen and oxygen atoms in total. The number of hydrogen-bond donors (Lipinski definition) is 0. The highest BCUT2D eigenvalue weighted by molar-refractivity contribution is 6.35. The zero-order chi connectivity index (χ0) is 20.3. The number of aromatic nitrogens is 1. The zero-order valence-electron chi connectivity index (χ0n) is 16.5. The van der Waals surface area contributed by atoms with Crippen molar-refractivity contribution < 1.29 is 9.59 Å². The monoisotopic (exact) mass is 403 g/mol. The SMILES string of the molecule is CC(C)n1c2c(c(Cl)c1-c1ccccc1)[C@H]1C(=O)c3ccccc3C(=O)[C@H]1CC2. The Bertz CT molecular complexity index is 1140. The minimum Gasteiger partial charge on any atom is -0.341 e. The Hall–Kier alpha value is -2.65. The van der Waals surface area contributed by atoms with Crippen LogP contribution >= 0.6 is 11.6 Å². The predicted molar refractivity (Wildman–Crippen MR) is 115 cm³/mol. The molecule has 5 rings (SSSR count). The first-order valence-electron chi connectivity index (χ1n) is 10.2. The molecule has 0 N–H and O–H groups in total. The molecule has 2 aliphatic carbocycles. The summed E-state index contributed by atoms with van der Waals surface area (Å²) in [5.41, 5.74) is 5.04. The molecule has 0 bridgehead atoms. The molecule has 146 valence electrons. The summed E-state index contributed by atoms with van der Waals surface area (Å²) in [6.07, 6.45) is 1.43. The van der Waals surface area contributed by atoms with E-state index in [1.807, 2.05) is 42.5 Å². The highest BCUT2D eigenvalue weighted by Gasteiger charge is 2.47. The lowest BCUT2D eigenvalue weighted by molar-refractivity contribution is 0.0773. The van der Waals surface area contributed by atoms with Crippen molar-refractivity contribution in [3.05, 3.63) is 82.0 Å². The molecule has 29 heavy (non-hydrogen) atoms. The topological polar surface area (TPSA) is 39.1 Å². The van der Waals surface area contributed by atoms with Crippen molar-refractivity contribution in [2.24, 2.45) is 5.92 Å². The lowest BCUT2D eigenvalue weighted by Crippen LogP contribution is -2.38. The van der Waals surface area contributed by atoms with Crippen molar-refractivity contribution in [3.63, 3.8) is 0 Å². The molecule has 0 aliphatic heterocycles. The van der Waals surface area contributed by atoms with Crippen LogP contribution in [0.2, 0.25) is 5.02 Å². The number of ketones is 2. The maximum Gasteiger partial charge on any atom is 0.171 e. The normalized spacial score (nSPS) is 20.4. The van der Waals surface area contributed by atoms with Gasteiger partial charge < -0.3 is 4.57 Å². The molecule has 0 spiro atoms. The summed E-state index contributed by atoms with van der Waals surface area (Å²) in [5, 5.41) is 0.620. The van der Waals surface area contributed by atoms with Crippen LogP contribution in [0.3, 0.4) is 0 Å². The van der Waals surface area contributed by atoms with Crippen LogP contribution in [0.5, 0.6) is 0 Å². The van der Waals surface area contributed by atoms with Gasteiger partial charge in [0.05, 0.1) is 16.6 Å². The third kappa shape index (κ3) is 2.57. The van der Waals surface area contributed by atoms with Gasteiger partial charge in [0, 0.05) is 34.3 Å². The van der Waals surface area contributed by atoms with E-state index in [9.17, 15) is 9.59 Å². The molecule has 0 radical (unpaired) electrons. The number of carbonyl (C=O) groups excluding carboxylic acids is 2. The number of fused-ring (bicyclic) bond motifs is 4. The average Bonchev–Trinajstić information content (AvgIpc) is 3.05. The van der Waals surface area contributed by atoms with E-state index >= 15 is 0 Å². The standard InChI is InChI=1S/C25H22ClNO2/c1-14(2)27-19-13-12-18-20(25(29)17-11-7-6-10-16(17)24(18)28)21(19)22(26)23(27)15-8-4-3-5-9-15/h3-11,14,18,20H,12-13H2,1-2H3/t18-,20-/m0/s1. The Morgan fingerprint density at radius 3 is 2.21 bits per heavy atom. The van der Waals surface area contributed by atoms with Crippen molar-refractivity contribution in [2.45, 2.75) is 38.6 Å². The molecule has 0 fully saturated rings. The van der Waals surface area contributed by atoms with Crippen LogP contribution in [-0.4, -0.2) is 16.1 Å². The van der Waals surface area contributed by atoms with Crippen molar-refractivity contribution in [3.8, 4) is 11.3 Å². The summed E-state index contributed by atoms with van der Waals surface area (Å²) in [5.74, 6) is -0.718. The van der Waals surface area contributed by atoms with Crippen LogP contribution in [0.15, 0.2) is 54.6 Å². The van der Waals surface area contributed by atoms with E-state index in [1.165, 1.54) is 0 Å². The zero-order valence-corrected chi connectivity index (χ0v) is 17.2. The highest BCUT2D eigenvalue weighted by Crippen LogP contribution is 2.51. The van der Waals surface area contributed by atoms with Crippen LogP contribution < -0.4 is 0 Å². The number of carbonyl (C=O) groups is 2. The minimum absolute atomic E-state index is 0.0218. The molecule has 3 aromatic rings. The smallest absolute Gasteiger partial charge is 0.171 e. The summed E-state index contributed by atoms with van der Waals surface area (Å²) < 4.78 is 2.27. The first kappa shape index (κ1) is 18.4. The molecule has 2 atom stereocenters. The first-order chi connectivity index (χ1) is 14.0. The second-order valence-corrected chi connectivity index (χ2v) is 8.63. The third-order valence-electron chi connectivity index (χ3n) is 6.33. The van der Waals surface area contributed by atoms with Crippen molar-refractivity contribution in [1.82, 2.24) is 4.57 Å². The number of benzene rings is 2. The Morgan fingerprint density at radius 2 is 1.55 bits per heavy atom. The molecule has 0 saturated carbocycles. The lowest BCUT2D eigenvalue weighted by atomic mass is 9.66. The van der Waals surface area contributed by atoms with Gasteiger partial charge in [-0.2, -0.15) is 0 Å². The number of Topliss-reactive ketones (excluding diaryl/α,β-unsaturated/α-hetero) is 2. The van der Waals surface area contributed by atoms with Crippen LogP contribution in [-0.2, 0) is 6.42 Å². The van der Waals surface area contributed by atoms with Crippen LogP contribution in [0.25, 0.3) is 11.3 Å². The lowest BCUT2D eigenvalue weighted by Gasteiger charge is -2.35. The molecule has 4 heteroatoms. The summed E-state index contributed by atoms with van der Waals surface area (Å²) in [4.78, 5) is 26.7. The van der Waals surface area contributed by atoms with E-state index in [2.05, 4.69) is 18.4 Å². The van der Waals surface area contributed by atoms with Gasteiger partial charge in [-0.1, -0.05) is 66.2 Å². The Labute approximate surface area is 175 Å². The quantitative estimate of drug-likeness (QED) is 0.517. The highest BCUT2D eigenvalue weighted by atomic mass is 35.5. The fraction of sp³-hybridized carbons (Fsp3) is 0.280. The molecule has 0 saturated heterocycles. The number of rotatable bonds is 2. The fourth-order valence-corrected chi connectivity index (χ4v) is 5.59. The van der Waals surface area contributed by atoms with Gasteiger partial charge in [-0.15, -0.1) is 0 Å². The molecule has 2 aromatic carbocycles. The second-order valence-electron chi connectivity index (χ2n) is 8.25. The van der Waals surface area contributed by atoms with Gasteiger partial charge in [0.15, 0.2) is 11.6 Å². The van der Waals surface area contributed by atoms with Crippen molar-refractivity contribution in [2.75, 3.05) is 0 Å². The van der Waals surface area contributed by atoms with E-state index in [0.29, 0.717) is 22.6 Å². The molecule has 0 unspecified atom stereocenters. The van der Waals surface area contributed by atoms with Gasteiger partial charge in [0.25, 0.3) is 0 Å². The minimum atomic E-state index is -0.490. The van der Waals surface area contributed by atoms with Gasteiger partial charge in [-0.25, -0.2) is 0 Å². The summed E-state index contributed by atoms with van der Waals surface area (Å²) in [7, 11) is 0. The molecule has 2 aliphatic rings. The van der Waals surface area contributed by atoms with Gasteiger partial charge in [0.1, 0.15) is 0 Å². The Morgan fingerprint density at radius 1 is 0.931 bits per heavy atom. The van der Waals surface area contributed by atoms with Gasteiger partial charge in [0.2, 0.25) is 0 Å². The van der Waals surface area contributed by atoms with Gasteiger partial charge >= 0.3 is 0 Å². The van der Waals surface area contributed by atoms with E-state index in [0.717, 1.165) is 28.9 Å². The molecular weight excluding hydrogens is 382 g/mol. The fourth-order valence-electron chi connectivity index (χ4n) is 5.16. The molecular formula is C25H22ClNO2. The van der Waals surface area contributed by atoms with Gasteiger partial charge in [-0.05, 0) is 32.3 Å². The Balaban J connectivity index is 1.77. The first-order valence-corrected chi connectivity index (χ1v) is 10.5. The largest absolute Gasteiger partial charge is 0.341 e. The van der Waals surface area contributed by atoms with E-state index in [4.69, 9.17) is 11.6 Å². The molecule has 1 heterocycles. The summed E-state index contributed by atoms with van der Waals surface area (Å²) in [6, 6.07) is 17.5. The maximum atomic E-state index is 13.5. The summed E-state index contributed by atoms with van der Waals surface area (Å²) in [6.45, 7) is 4.27. The second kappa shape index (κ2) is 6.70. The number of hydrogen-bond acceptors (Lipinski definition) is 2. The summed E-state index contributed by atoms with van der Waals surface area (Å²) >= 11 is 7.00. The molecule has 0 amide bonds. The Kier molecular flexibility index (Phi) is 4.25. The van der Waals surface area contributed by atoms with Crippen molar-refractivity contribution in [1.29, 1.82) is 0 Å². The average molecular weight is 404 g/mol. The van der Waals surface area contributed by atoms with E-state index < -0.39 is 5.92 Å². The molecule has 1 aromatic heterocycles. The van der Waals surface area contributed by atoms with E-state index in [1.54, 1.807) is 12.1 Å². The van der Waals surface area contributed by atoms with Crippen molar-refractivity contribution >= 4 is 23.2 Å².